The van der Waals surface area contributed by atoms with Crippen LogP contribution in [0.3, 0.4) is 0 Å². The lowest BCUT2D eigenvalue weighted by Gasteiger charge is -2.55. The Hall–Kier alpha value is -6.08. The largest absolute Gasteiger partial charge is 0.469 e. The summed E-state index contributed by atoms with van der Waals surface area (Å²) < 4.78 is 21.5. The van der Waals surface area contributed by atoms with Gasteiger partial charge in [-0.1, -0.05) is 39.2 Å². The molecule has 0 radical (unpaired) electrons. The number of fused-ring (bicyclic) bond motifs is 9. The molecule has 8 bridgehead atoms. The Labute approximate surface area is 374 Å². The number of aryl methyl sites for hydroxylation is 3. The van der Waals surface area contributed by atoms with Gasteiger partial charge in [-0.15, -0.1) is 0 Å². The van der Waals surface area contributed by atoms with Crippen LogP contribution in [0.15, 0.2) is 37.4 Å². The van der Waals surface area contributed by atoms with Gasteiger partial charge in [0.2, 0.25) is 0 Å². The minimum Gasteiger partial charge on any atom is -0.469 e. The second-order valence-corrected chi connectivity index (χ2v) is 17.7. The first-order chi connectivity index (χ1) is 30.5. The van der Waals surface area contributed by atoms with E-state index < -0.39 is 41.6 Å². The monoisotopic (exact) mass is 872 g/mol. The third-order valence-corrected chi connectivity index (χ3v) is 14.3. The van der Waals surface area contributed by atoms with E-state index in [1.807, 2.05) is 52.0 Å². The maximum atomic E-state index is 13.1. The van der Waals surface area contributed by atoms with Gasteiger partial charge in [0.15, 0.2) is 0 Å². The maximum Gasteiger partial charge on any atom is 0.312 e. The van der Waals surface area contributed by atoms with Crippen molar-refractivity contribution in [2.24, 2.45) is 23.7 Å². The molecule has 3 aliphatic heterocycles. The van der Waals surface area contributed by atoms with Crippen molar-refractivity contribution in [1.82, 2.24) is 19.9 Å². The fourth-order valence-electron chi connectivity index (χ4n) is 10.6. The molecule has 64 heavy (non-hydrogen) atoms. The molecule has 2 fully saturated rings. The van der Waals surface area contributed by atoms with E-state index in [1.165, 1.54) is 21.1 Å². The average molecular weight is 873 g/mol. The Morgan fingerprint density at radius 3 is 2.12 bits per heavy atom. The lowest BCUT2D eigenvalue weighted by Crippen LogP contribution is -2.66. The molecule has 0 unspecified atom stereocenters. The zero-order chi connectivity index (χ0) is 46.4. The Kier molecular flexibility index (Phi) is 13.1. The number of aromatic amines is 2. The number of nitrogens with zero attached hydrogens (tertiary/aromatic N) is 2. The van der Waals surface area contributed by atoms with Gasteiger partial charge in [-0.25, -0.2) is 9.97 Å². The van der Waals surface area contributed by atoms with Crippen molar-refractivity contribution in [1.29, 1.82) is 0 Å². The number of hydrogen-bond acceptors (Lipinski definition) is 11. The summed E-state index contributed by atoms with van der Waals surface area (Å²) in [6.07, 6.45) is 5.31. The van der Waals surface area contributed by atoms with Crippen LogP contribution in [0.4, 0.5) is 0 Å². The lowest BCUT2D eigenvalue weighted by atomic mass is 9.58. The van der Waals surface area contributed by atoms with Crippen LogP contribution in [0.2, 0.25) is 0 Å². The molecule has 3 aromatic rings. The summed E-state index contributed by atoms with van der Waals surface area (Å²) >= 11 is 0. The molecule has 4 aliphatic rings. The molecule has 13 nitrogen and oxygen atoms in total. The van der Waals surface area contributed by atoms with Gasteiger partial charge in [-0.05, 0) is 130 Å². The van der Waals surface area contributed by atoms with Crippen molar-refractivity contribution in [2.45, 2.75) is 112 Å². The fraction of sp³-hybridized carbons (Fsp3) is 0.451. The van der Waals surface area contributed by atoms with E-state index in [1.54, 1.807) is 6.92 Å². The van der Waals surface area contributed by atoms with E-state index in [9.17, 15) is 24.3 Å². The van der Waals surface area contributed by atoms with E-state index in [4.69, 9.17) is 28.9 Å². The van der Waals surface area contributed by atoms with Crippen molar-refractivity contribution < 1.29 is 43.2 Å². The maximum absolute atomic E-state index is 13.1. The second-order valence-electron chi connectivity index (χ2n) is 17.7. The summed E-state index contributed by atoms with van der Waals surface area (Å²) in [6.45, 7) is 21.6. The zero-order valence-electron chi connectivity index (χ0n) is 38.5. The number of cyclic esters (lactones) is 1. The Balaban J connectivity index is 1.55. The van der Waals surface area contributed by atoms with Gasteiger partial charge in [0, 0.05) is 64.5 Å². The first-order valence-electron chi connectivity index (χ1n) is 22.1. The topological polar surface area (TPSA) is 183 Å². The van der Waals surface area contributed by atoms with E-state index >= 15 is 0 Å². The lowest BCUT2D eigenvalue weighted by molar-refractivity contribution is -0.297. The molecule has 1 aliphatic carbocycles. The number of allylic oxidation sites excluding steroid dienone is 5. The summed E-state index contributed by atoms with van der Waals surface area (Å²) in [4.78, 5) is 68.8. The number of methoxy groups -OCH3 is 2. The summed E-state index contributed by atoms with van der Waals surface area (Å²) in [5, 5.41) is 12.9. The van der Waals surface area contributed by atoms with Crippen LogP contribution in [0.25, 0.3) is 50.4 Å². The van der Waals surface area contributed by atoms with Crippen LogP contribution < -0.4 is 0 Å². The fourth-order valence-corrected chi connectivity index (χ4v) is 10.6. The Morgan fingerprint density at radius 2 is 1.47 bits per heavy atom. The molecule has 13 heteroatoms. The highest BCUT2D eigenvalue weighted by Crippen LogP contribution is 2.53. The van der Waals surface area contributed by atoms with Crippen LogP contribution in [-0.4, -0.2) is 75.0 Å². The number of carbonyl (C=O) groups excluding carboxylic acids is 4. The first-order valence-corrected chi connectivity index (χ1v) is 22.1. The molecule has 0 aromatic carbocycles. The number of aromatic nitrogens is 4. The Bertz CT molecular complexity index is 2700. The normalized spacial score (nSPS) is 23.0. The molecule has 1 saturated carbocycles. The number of H-pyrrole nitrogens is 2. The second kappa shape index (κ2) is 18.2. The van der Waals surface area contributed by atoms with E-state index in [0.29, 0.717) is 49.2 Å². The summed E-state index contributed by atoms with van der Waals surface area (Å²) in [5.74, 6) is -3.44. The quantitative estimate of drug-likeness (QED) is 0.117. The zero-order valence-corrected chi connectivity index (χ0v) is 38.5. The molecule has 338 valence electrons. The number of ether oxygens (including phenoxy) is 4. The highest BCUT2D eigenvalue weighted by Gasteiger charge is 2.62. The smallest absolute Gasteiger partial charge is 0.312 e. The average Bonchev–Trinajstić information content (AvgIpc) is 3.94. The number of rotatable bonds is 12. The predicted octanol–water partition coefficient (Wildman–Crippen LogP) is 9.09. The standard InChI is InChI=1S/C51H60N4O9/c1-12-32-26(4)39-22-40-28(6)34(16-20-45(57)61-10)43(53-40)24-44-35(17-21-46(58)62-11)29(7)47(55-44)36(48-33(13-2)27(5)41(54-48)23-42(32)52-39)15-19-37-25(3)14-18-38-30(8)49(59)64-50(51(37,38)60)63-31(9)56/h12-13,22-25,30,37-38,50,52-53,60H,1-2,14-21H2,3-11H3/t25-,30-,37+,38+,50+,51-/m1/s1. The molecular weight excluding hydrogens is 813 g/mol. The minimum atomic E-state index is -1.66. The third-order valence-electron chi connectivity index (χ3n) is 14.3. The van der Waals surface area contributed by atoms with Gasteiger partial charge in [0.25, 0.3) is 6.29 Å². The van der Waals surface area contributed by atoms with E-state index in [2.05, 4.69) is 36.1 Å². The molecule has 6 heterocycles. The minimum absolute atomic E-state index is 0.0337. The van der Waals surface area contributed by atoms with Crippen molar-refractivity contribution >= 4 is 74.3 Å². The van der Waals surface area contributed by atoms with Crippen LogP contribution in [0, 0.1) is 37.5 Å². The summed E-state index contributed by atoms with van der Waals surface area (Å²) in [7, 11) is 2.75. The van der Waals surface area contributed by atoms with Crippen molar-refractivity contribution in [3.05, 3.63) is 88.0 Å². The van der Waals surface area contributed by atoms with Crippen LogP contribution in [-0.2, 0) is 51.0 Å². The highest BCUT2D eigenvalue weighted by molar-refractivity contribution is 6.00. The number of aliphatic hydroxyl groups is 1. The van der Waals surface area contributed by atoms with Crippen molar-refractivity contribution in [2.75, 3.05) is 14.2 Å². The van der Waals surface area contributed by atoms with Crippen molar-refractivity contribution in [3.63, 3.8) is 0 Å². The van der Waals surface area contributed by atoms with Gasteiger partial charge in [0.1, 0.15) is 5.60 Å². The predicted molar refractivity (Wildman–Crippen MR) is 247 cm³/mol. The van der Waals surface area contributed by atoms with Gasteiger partial charge in [-0.3, -0.25) is 19.2 Å². The van der Waals surface area contributed by atoms with Gasteiger partial charge in [0.05, 0.1) is 42.9 Å². The molecule has 3 aromatic heterocycles. The van der Waals surface area contributed by atoms with Gasteiger partial charge >= 0.3 is 23.9 Å². The van der Waals surface area contributed by atoms with Gasteiger partial charge in [-0.2, -0.15) is 0 Å². The van der Waals surface area contributed by atoms with Crippen molar-refractivity contribution in [3.8, 4) is 0 Å². The number of esters is 4. The molecule has 1 saturated heterocycles. The number of carbonyl (C=O) groups is 4. The number of nitrogens with one attached hydrogen (secondary N) is 2. The van der Waals surface area contributed by atoms with E-state index in [0.717, 1.165) is 84.3 Å². The third kappa shape index (κ3) is 8.14. The molecule has 7 rings (SSSR count). The van der Waals surface area contributed by atoms with E-state index in [-0.39, 0.29) is 30.7 Å². The molecule has 0 amide bonds. The molecule has 0 spiro atoms. The number of hydrogen-bond donors (Lipinski definition) is 3. The molecule has 6 atom stereocenters. The van der Waals surface area contributed by atoms with Crippen LogP contribution in [0.5, 0.6) is 0 Å². The molecule has 3 N–H and O–H groups in total. The summed E-state index contributed by atoms with van der Waals surface area (Å²) in [6, 6.07) is 6.08. The van der Waals surface area contributed by atoms with Crippen LogP contribution in [0.1, 0.15) is 124 Å². The summed E-state index contributed by atoms with van der Waals surface area (Å²) in [5.41, 5.74) is 12.4. The SMILES string of the molecule is C=CC1=C(C)c2cc3[nH]c(cc4[nH]c(cc5nc(c(CC[C@H]6[C@H](C)CC[C@H]7[C@@H](C)C(=O)O[C@H](OC(C)=O)[C@@]67O)c1n2)C(C)=C5CCC(=O)OC)c(CCC(=O)OC)c4C)c(C)c3C=C. The highest BCUT2D eigenvalue weighted by atomic mass is 16.7. The van der Waals surface area contributed by atoms with Gasteiger partial charge < -0.3 is 34.0 Å². The van der Waals surface area contributed by atoms with Crippen LogP contribution >= 0.6 is 0 Å². The first kappa shape index (κ1) is 45.9. The molecular formula is C51H60N4O9. The Morgan fingerprint density at radius 1 is 0.828 bits per heavy atom.